The number of benzene rings is 3. The normalized spacial score (nSPS) is 12.4. The van der Waals surface area contributed by atoms with Crippen molar-refractivity contribution in [1.82, 2.24) is 0 Å². The van der Waals surface area contributed by atoms with Crippen LogP contribution in [0.3, 0.4) is 0 Å². The Kier molecular flexibility index (Phi) is 22.8. The second-order valence-corrected chi connectivity index (χ2v) is 30.9. The van der Waals surface area contributed by atoms with Crippen LogP contribution >= 0.6 is 24.2 Å². The predicted molar refractivity (Wildman–Crippen MR) is 252 cm³/mol. The summed E-state index contributed by atoms with van der Waals surface area (Å²) < 4.78 is 12.8. The maximum Gasteiger partial charge on any atom is 0.191 e. The third kappa shape index (κ3) is 16.3. The smallest absolute Gasteiger partial charge is 0.191 e. The molecule has 3 aromatic carbocycles. The minimum atomic E-state index is -1.74. The second kappa shape index (κ2) is 24.3. The van der Waals surface area contributed by atoms with Crippen molar-refractivity contribution in [3.8, 4) is 0 Å². The fraction of sp³-hybridized carbons (Fsp3) is 0.574. The molecule has 0 aromatic heterocycles. The van der Waals surface area contributed by atoms with Crippen LogP contribution in [0.25, 0.3) is 0 Å². The van der Waals surface area contributed by atoms with Gasteiger partial charge in [-0.2, -0.15) is 0 Å². The van der Waals surface area contributed by atoms with Crippen LogP contribution in [-0.2, 0) is 8.85 Å². The number of halogens is 1. The van der Waals surface area contributed by atoms with Crippen molar-refractivity contribution in [2.75, 3.05) is 19.4 Å². The van der Waals surface area contributed by atoms with Gasteiger partial charge in [0.2, 0.25) is 0 Å². The van der Waals surface area contributed by atoms with E-state index in [4.69, 9.17) is 8.85 Å². The third-order valence-corrected chi connectivity index (χ3v) is 25.1. The van der Waals surface area contributed by atoms with Crippen LogP contribution in [0.2, 0.25) is 36.3 Å². The Morgan fingerprint density at radius 3 is 1.25 bits per heavy atom. The summed E-state index contributed by atoms with van der Waals surface area (Å²) in [7, 11) is -5.04. The van der Waals surface area contributed by atoms with Gasteiger partial charge in [0, 0.05) is 19.6 Å². The van der Waals surface area contributed by atoms with Crippen LogP contribution in [0.15, 0.2) is 103 Å². The average molecular weight is 843 g/mol. The topological polar surface area (TPSA) is 18.5 Å². The van der Waals surface area contributed by atoms with E-state index in [-0.39, 0.29) is 22.0 Å². The molecule has 3 aromatic rings. The summed E-state index contributed by atoms with van der Waals surface area (Å²) in [4.78, 5) is 0. The molecule has 0 heterocycles. The zero-order chi connectivity index (χ0) is 38.7. The van der Waals surface area contributed by atoms with Gasteiger partial charge in [-0.25, -0.2) is 0 Å². The molecule has 0 aliphatic carbocycles. The van der Waals surface area contributed by atoms with Gasteiger partial charge >= 0.3 is 0 Å². The monoisotopic (exact) mass is 841 g/mol. The molecule has 0 N–H and O–H groups in total. The Morgan fingerprint density at radius 2 is 0.906 bits per heavy atom. The van der Waals surface area contributed by atoms with E-state index >= 15 is 0 Å². The van der Waals surface area contributed by atoms with Crippen LogP contribution in [0.4, 0.5) is 0 Å². The Labute approximate surface area is 341 Å². The van der Waals surface area contributed by atoms with E-state index in [9.17, 15) is 0 Å². The minimum Gasteiger partial charge on any atom is -0.417 e. The molecule has 6 heteroatoms. The zero-order valence-corrected chi connectivity index (χ0v) is 40.7. The highest BCUT2D eigenvalue weighted by atomic mass is 79.9. The Hall–Kier alpha value is -1.34. The van der Waals surface area contributed by atoms with Gasteiger partial charge in [0.1, 0.15) is 23.2 Å². The zero-order valence-electron chi connectivity index (χ0n) is 36.1. The first kappa shape index (κ1) is 49.7. The average Bonchev–Trinajstić information content (AvgIpc) is 3.10. The second-order valence-electron chi connectivity index (χ2n) is 17.7. The van der Waals surface area contributed by atoms with Crippen LogP contribution in [0.5, 0.6) is 0 Å². The molecule has 0 aliphatic rings. The summed E-state index contributed by atoms with van der Waals surface area (Å²) in [5.74, 6) is 0. The predicted octanol–water partition coefficient (Wildman–Crippen LogP) is 14.5. The van der Waals surface area contributed by atoms with Gasteiger partial charge in [-0.05, 0) is 105 Å². The summed E-state index contributed by atoms with van der Waals surface area (Å²) in [6.07, 6.45) is 16.5. The highest BCUT2D eigenvalue weighted by molar-refractivity contribution is 8.93. The molecule has 0 saturated heterocycles. The Morgan fingerprint density at radius 1 is 0.547 bits per heavy atom. The standard InChI is InChI=1S/C27H36OPSi.C20H42OSi.BrH/c1-27(2,3)30(4,5)28-22-15-23-29(24-16-9-6-10-17-24,25-18-11-7-12-19-25)26-20-13-8-14-21-26;1-8-10-12-15-19(16-13-11-9-2)17-14-18-21-22(6,7)20(3,4)5;/h6-14,16-21H,15,22-23H2,1-5H3;17H,8-16,18H2,1-7H3;1H/q+1;;. The van der Waals surface area contributed by atoms with E-state index < -0.39 is 23.9 Å². The fourth-order valence-electron chi connectivity index (χ4n) is 6.05. The highest BCUT2D eigenvalue weighted by Gasteiger charge is 2.45. The lowest BCUT2D eigenvalue weighted by Crippen LogP contribution is -2.41. The molecule has 0 saturated carbocycles. The van der Waals surface area contributed by atoms with E-state index in [0.717, 1.165) is 32.2 Å². The summed E-state index contributed by atoms with van der Waals surface area (Å²) in [5.41, 5.74) is 1.68. The molecule has 53 heavy (non-hydrogen) atoms. The largest absolute Gasteiger partial charge is 0.417 e. The van der Waals surface area contributed by atoms with Gasteiger partial charge in [0.05, 0.1) is 6.16 Å². The molecule has 0 radical (unpaired) electrons. The molecular weight excluding hydrogens is 764 g/mol. The number of allylic oxidation sites excluding steroid dienone is 1. The third-order valence-electron chi connectivity index (χ3n) is 11.5. The van der Waals surface area contributed by atoms with Crippen molar-refractivity contribution in [3.05, 3.63) is 103 Å². The molecule has 2 nitrogen and oxygen atoms in total. The lowest BCUT2D eigenvalue weighted by Gasteiger charge is -2.36. The van der Waals surface area contributed by atoms with Crippen LogP contribution in [-0.4, -0.2) is 36.0 Å². The lowest BCUT2D eigenvalue weighted by atomic mass is 10.0. The number of hydrogen-bond donors (Lipinski definition) is 0. The summed E-state index contributed by atoms with van der Waals surface area (Å²) >= 11 is 0. The molecule has 0 amide bonds. The summed E-state index contributed by atoms with van der Waals surface area (Å²) in [6.45, 7) is 29.6. The fourth-order valence-corrected chi connectivity index (χ4v) is 12.5. The van der Waals surface area contributed by atoms with E-state index in [2.05, 4.69) is 179 Å². The molecule has 0 spiro atoms. The van der Waals surface area contributed by atoms with E-state index in [1.165, 1.54) is 67.3 Å². The van der Waals surface area contributed by atoms with Crippen LogP contribution in [0.1, 0.15) is 120 Å². The SMILES string of the molecule is Br.CC(C)(C)[Si](C)(C)OCCC[P+](c1ccccc1)(c1ccccc1)c1ccccc1.CCCCCC(=CCCO[Si](C)(C)C(C)(C)C)CCCCC. The molecular formula is C47H79BrO2PSi2+. The summed E-state index contributed by atoms with van der Waals surface area (Å²) in [5, 5.41) is 4.93. The molecule has 0 aliphatic heterocycles. The van der Waals surface area contributed by atoms with Crippen molar-refractivity contribution < 1.29 is 8.85 Å². The van der Waals surface area contributed by atoms with Crippen LogP contribution in [0, 0.1) is 0 Å². The Balaban J connectivity index is 0.000000548. The van der Waals surface area contributed by atoms with Crippen molar-refractivity contribution in [1.29, 1.82) is 0 Å². The van der Waals surface area contributed by atoms with Gasteiger partial charge in [-0.1, -0.05) is 147 Å². The van der Waals surface area contributed by atoms with Gasteiger partial charge < -0.3 is 8.85 Å². The maximum atomic E-state index is 6.55. The first-order valence-electron chi connectivity index (χ1n) is 20.5. The molecule has 0 fully saturated rings. The van der Waals surface area contributed by atoms with E-state index in [0.29, 0.717) is 5.04 Å². The van der Waals surface area contributed by atoms with E-state index in [1.54, 1.807) is 5.57 Å². The van der Waals surface area contributed by atoms with Crippen molar-refractivity contribution in [2.24, 2.45) is 0 Å². The highest BCUT2D eigenvalue weighted by Crippen LogP contribution is 2.55. The number of rotatable bonds is 20. The number of unbranched alkanes of at least 4 members (excludes halogenated alkanes) is 4. The van der Waals surface area contributed by atoms with Crippen molar-refractivity contribution >= 4 is 56.8 Å². The van der Waals surface area contributed by atoms with Gasteiger partial charge in [0.15, 0.2) is 16.6 Å². The maximum absolute atomic E-state index is 6.55. The minimum absolute atomic E-state index is 0. The number of hydrogen-bond acceptors (Lipinski definition) is 2. The first-order chi connectivity index (χ1) is 24.5. The molecule has 0 unspecified atom stereocenters. The molecule has 0 atom stereocenters. The summed E-state index contributed by atoms with van der Waals surface area (Å²) in [6, 6.07) is 33.4. The lowest BCUT2D eigenvalue weighted by molar-refractivity contribution is 0.289. The van der Waals surface area contributed by atoms with Gasteiger partial charge in [0.25, 0.3) is 0 Å². The quantitative estimate of drug-likeness (QED) is 0.0488. The van der Waals surface area contributed by atoms with Crippen molar-refractivity contribution in [2.45, 2.75) is 156 Å². The Bertz CT molecular complexity index is 1290. The van der Waals surface area contributed by atoms with Gasteiger partial charge in [-0.3, -0.25) is 0 Å². The van der Waals surface area contributed by atoms with Gasteiger partial charge in [-0.15, -0.1) is 17.0 Å². The van der Waals surface area contributed by atoms with Crippen molar-refractivity contribution in [3.63, 3.8) is 0 Å². The molecule has 0 bridgehead atoms. The molecule has 3 rings (SSSR count). The first-order valence-corrected chi connectivity index (χ1v) is 28.3. The van der Waals surface area contributed by atoms with E-state index in [1.807, 2.05) is 0 Å². The van der Waals surface area contributed by atoms with Crippen LogP contribution < -0.4 is 15.9 Å². The molecule has 298 valence electrons.